The van der Waals surface area contributed by atoms with Crippen molar-refractivity contribution < 1.29 is 13.2 Å². The second-order valence-corrected chi connectivity index (χ2v) is 9.51. The maximum atomic E-state index is 13.1. The SMILES string of the molecule is CCCNC(=O)CN(Cc1ccc(Cl)cc1Cl)S(=O)(=O)c1ccc(Br)cc1. The number of carbonyl (C=O) groups is 1. The number of nitrogens with zero attached hydrogens (tertiary/aromatic N) is 1. The third kappa shape index (κ3) is 6.19. The molecule has 1 N–H and O–H groups in total. The Morgan fingerprint density at radius 2 is 1.81 bits per heavy atom. The fourth-order valence-electron chi connectivity index (χ4n) is 2.30. The van der Waals surface area contributed by atoms with Gasteiger partial charge in [0.15, 0.2) is 0 Å². The number of hydrogen-bond donors (Lipinski definition) is 1. The van der Waals surface area contributed by atoms with Crippen molar-refractivity contribution in [3.8, 4) is 0 Å². The van der Waals surface area contributed by atoms with E-state index >= 15 is 0 Å². The van der Waals surface area contributed by atoms with Gasteiger partial charge in [-0.1, -0.05) is 52.1 Å². The molecule has 0 atom stereocenters. The Hall–Kier alpha value is -1.12. The summed E-state index contributed by atoms with van der Waals surface area (Å²) in [5, 5.41) is 3.49. The second-order valence-electron chi connectivity index (χ2n) is 5.81. The molecule has 1 amide bonds. The van der Waals surface area contributed by atoms with Crippen molar-refractivity contribution in [2.75, 3.05) is 13.1 Å². The molecule has 0 saturated heterocycles. The predicted octanol–water partition coefficient (Wildman–Crippen LogP) is 4.47. The minimum absolute atomic E-state index is 0.0477. The van der Waals surface area contributed by atoms with Gasteiger partial charge in [0, 0.05) is 27.6 Å². The molecule has 0 saturated carbocycles. The molecule has 0 aliphatic carbocycles. The molecular weight excluding hydrogens is 475 g/mol. The Balaban J connectivity index is 2.36. The molecule has 0 heterocycles. The smallest absolute Gasteiger partial charge is 0.243 e. The highest BCUT2D eigenvalue weighted by molar-refractivity contribution is 9.10. The molecule has 0 aliphatic rings. The zero-order valence-electron chi connectivity index (χ0n) is 14.6. The summed E-state index contributed by atoms with van der Waals surface area (Å²) in [6, 6.07) is 11.1. The van der Waals surface area contributed by atoms with Crippen LogP contribution in [0.4, 0.5) is 0 Å². The minimum atomic E-state index is -3.90. The van der Waals surface area contributed by atoms with Crippen LogP contribution in [0.5, 0.6) is 0 Å². The van der Waals surface area contributed by atoms with Crippen molar-refractivity contribution in [1.29, 1.82) is 0 Å². The van der Waals surface area contributed by atoms with E-state index < -0.39 is 10.0 Å². The molecule has 0 radical (unpaired) electrons. The largest absolute Gasteiger partial charge is 0.355 e. The summed E-state index contributed by atoms with van der Waals surface area (Å²) >= 11 is 15.4. The number of benzene rings is 2. The normalized spacial score (nSPS) is 11.6. The van der Waals surface area contributed by atoms with Crippen LogP contribution in [0.2, 0.25) is 10.0 Å². The second kappa shape index (κ2) is 9.89. The van der Waals surface area contributed by atoms with E-state index in [0.29, 0.717) is 22.2 Å². The van der Waals surface area contributed by atoms with E-state index in [1.807, 2.05) is 6.92 Å². The first kappa shape index (κ1) is 22.2. The molecule has 2 aromatic rings. The molecule has 5 nitrogen and oxygen atoms in total. The fourth-order valence-corrected chi connectivity index (χ4v) is 4.41. The van der Waals surface area contributed by atoms with Crippen LogP contribution in [0, 0.1) is 0 Å². The van der Waals surface area contributed by atoms with Gasteiger partial charge < -0.3 is 5.32 Å². The highest BCUT2D eigenvalue weighted by atomic mass is 79.9. The van der Waals surface area contributed by atoms with Crippen molar-refractivity contribution in [3.05, 3.63) is 62.5 Å². The first-order valence-corrected chi connectivity index (χ1v) is 11.2. The summed E-state index contributed by atoms with van der Waals surface area (Å²) in [7, 11) is -3.90. The van der Waals surface area contributed by atoms with Crippen LogP contribution in [-0.4, -0.2) is 31.7 Å². The number of halogens is 3. The van der Waals surface area contributed by atoms with Gasteiger partial charge in [0.25, 0.3) is 0 Å². The van der Waals surface area contributed by atoms with Crippen molar-refractivity contribution in [1.82, 2.24) is 9.62 Å². The Bertz CT molecular complexity index is 905. The number of sulfonamides is 1. The Morgan fingerprint density at radius 1 is 1.15 bits per heavy atom. The lowest BCUT2D eigenvalue weighted by Gasteiger charge is -2.22. The Labute approximate surface area is 177 Å². The predicted molar refractivity (Wildman–Crippen MR) is 112 cm³/mol. The third-order valence-corrected chi connectivity index (χ3v) is 6.63. The molecule has 2 aromatic carbocycles. The fraction of sp³-hybridized carbons (Fsp3) is 0.278. The van der Waals surface area contributed by atoms with Crippen LogP contribution in [0.15, 0.2) is 51.8 Å². The average molecular weight is 494 g/mol. The summed E-state index contributed by atoms with van der Waals surface area (Å²) in [5.41, 5.74) is 0.560. The third-order valence-electron chi connectivity index (χ3n) is 3.71. The van der Waals surface area contributed by atoms with Gasteiger partial charge >= 0.3 is 0 Å². The maximum Gasteiger partial charge on any atom is 0.243 e. The standard InChI is InChI=1S/C18H19BrCl2N2O3S/c1-2-9-22-18(24)12-23(11-13-3-6-15(20)10-17(13)21)27(25,26)16-7-4-14(19)5-8-16/h3-8,10H,2,9,11-12H2,1H3,(H,22,24). The lowest BCUT2D eigenvalue weighted by Crippen LogP contribution is -2.40. The molecule has 9 heteroatoms. The lowest BCUT2D eigenvalue weighted by atomic mass is 10.2. The van der Waals surface area contributed by atoms with E-state index in [1.165, 1.54) is 12.1 Å². The molecule has 0 aliphatic heterocycles. The van der Waals surface area contributed by atoms with Crippen LogP contribution in [0.1, 0.15) is 18.9 Å². The summed E-state index contributed by atoms with van der Waals surface area (Å²) in [6.45, 7) is 2.04. The van der Waals surface area contributed by atoms with Crippen LogP contribution in [0.3, 0.4) is 0 Å². The van der Waals surface area contributed by atoms with Gasteiger partial charge in [-0.15, -0.1) is 0 Å². The van der Waals surface area contributed by atoms with Crippen molar-refractivity contribution in [2.24, 2.45) is 0 Å². The van der Waals surface area contributed by atoms with Gasteiger partial charge in [-0.25, -0.2) is 8.42 Å². The van der Waals surface area contributed by atoms with Gasteiger partial charge in [-0.05, 0) is 48.4 Å². The van der Waals surface area contributed by atoms with E-state index in [0.717, 1.165) is 15.2 Å². The van der Waals surface area contributed by atoms with E-state index in [1.54, 1.807) is 30.3 Å². The Morgan fingerprint density at radius 3 is 2.41 bits per heavy atom. The van der Waals surface area contributed by atoms with Crippen LogP contribution in [0.25, 0.3) is 0 Å². The summed E-state index contributed by atoms with van der Waals surface area (Å²) in [5.74, 6) is -0.373. The van der Waals surface area contributed by atoms with Gasteiger partial charge in [-0.3, -0.25) is 4.79 Å². The molecular formula is C18H19BrCl2N2O3S. The van der Waals surface area contributed by atoms with Gasteiger partial charge in [0.2, 0.25) is 15.9 Å². The molecule has 27 heavy (non-hydrogen) atoms. The average Bonchev–Trinajstić information content (AvgIpc) is 2.61. The van der Waals surface area contributed by atoms with Crippen molar-refractivity contribution in [2.45, 2.75) is 24.8 Å². The highest BCUT2D eigenvalue weighted by Crippen LogP contribution is 2.25. The van der Waals surface area contributed by atoms with Gasteiger partial charge in [0.05, 0.1) is 11.4 Å². The van der Waals surface area contributed by atoms with Gasteiger partial charge in [-0.2, -0.15) is 4.31 Å². The number of amides is 1. The Kier molecular flexibility index (Phi) is 8.12. The van der Waals surface area contributed by atoms with E-state index in [9.17, 15) is 13.2 Å². The number of nitrogens with one attached hydrogen (secondary N) is 1. The van der Waals surface area contributed by atoms with Crippen molar-refractivity contribution >= 4 is 55.1 Å². The van der Waals surface area contributed by atoms with Crippen molar-refractivity contribution in [3.63, 3.8) is 0 Å². The van der Waals surface area contributed by atoms with Crippen LogP contribution < -0.4 is 5.32 Å². The number of carbonyl (C=O) groups excluding carboxylic acids is 1. The first-order valence-electron chi connectivity index (χ1n) is 8.20. The molecule has 0 unspecified atom stereocenters. The molecule has 0 aromatic heterocycles. The first-order chi connectivity index (χ1) is 12.7. The van der Waals surface area contributed by atoms with Gasteiger partial charge in [0.1, 0.15) is 0 Å². The molecule has 2 rings (SSSR count). The number of rotatable bonds is 8. The van der Waals surface area contributed by atoms with Crippen LogP contribution >= 0.6 is 39.1 Å². The van der Waals surface area contributed by atoms with Crippen LogP contribution in [-0.2, 0) is 21.4 Å². The lowest BCUT2D eigenvalue weighted by molar-refractivity contribution is -0.121. The van der Waals surface area contributed by atoms with E-state index in [2.05, 4.69) is 21.2 Å². The van der Waals surface area contributed by atoms with E-state index in [-0.39, 0.29) is 23.9 Å². The molecule has 0 bridgehead atoms. The molecule has 0 fully saturated rings. The zero-order valence-corrected chi connectivity index (χ0v) is 18.5. The molecule has 146 valence electrons. The summed E-state index contributed by atoms with van der Waals surface area (Å²) < 4.78 is 28.1. The minimum Gasteiger partial charge on any atom is -0.355 e. The number of hydrogen-bond acceptors (Lipinski definition) is 3. The summed E-state index contributed by atoms with van der Waals surface area (Å²) in [6.07, 6.45) is 0.758. The molecule has 0 spiro atoms. The zero-order chi connectivity index (χ0) is 20.0. The highest BCUT2D eigenvalue weighted by Gasteiger charge is 2.27. The quantitative estimate of drug-likeness (QED) is 0.589. The summed E-state index contributed by atoms with van der Waals surface area (Å²) in [4.78, 5) is 12.3. The topological polar surface area (TPSA) is 66.5 Å². The van der Waals surface area contributed by atoms with E-state index in [4.69, 9.17) is 23.2 Å². The monoisotopic (exact) mass is 492 g/mol. The maximum absolute atomic E-state index is 13.1.